The van der Waals surface area contributed by atoms with E-state index in [2.05, 4.69) is 0 Å². The summed E-state index contributed by atoms with van der Waals surface area (Å²) in [7, 11) is 3.06. The molecule has 0 aromatic heterocycles. The maximum absolute atomic E-state index is 13.4. The van der Waals surface area contributed by atoms with Crippen LogP contribution in [-0.2, 0) is 9.59 Å². The van der Waals surface area contributed by atoms with E-state index in [1.165, 1.54) is 12.0 Å². The van der Waals surface area contributed by atoms with Gasteiger partial charge in [-0.05, 0) is 60.9 Å². The van der Waals surface area contributed by atoms with Crippen molar-refractivity contribution in [3.63, 3.8) is 0 Å². The molecule has 4 rings (SSSR count). The third-order valence-electron chi connectivity index (χ3n) is 5.86. The zero-order chi connectivity index (χ0) is 23.7. The average Bonchev–Trinajstić information content (AvgIpc) is 3.10. The second-order valence-electron chi connectivity index (χ2n) is 7.93. The van der Waals surface area contributed by atoms with Gasteiger partial charge >= 0.3 is 0 Å². The summed E-state index contributed by atoms with van der Waals surface area (Å²) in [6.07, 6.45) is 0. The summed E-state index contributed by atoms with van der Waals surface area (Å²) >= 11 is 0. The molecule has 3 aromatic carbocycles. The van der Waals surface area contributed by atoms with Crippen LogP contribution in [0.2, 0.25) is 0 Å². The average molecular weight is 443 g/mol. The highest BCUT2D eigenvalue weighted by Crippen LogP contribution is 2.44. The van der Waals surface area contributed by atoms with Crippen molar-refractivity contribution in [3.8, 4) is 11.5 Å². The van der Waals surface area contributed by atoms with E-state index < -0.39 is 17.7 Å². The third kappa shape index (κ3) is 3.84. The van der Waals surface area contributed by atoms with Crippen LogP contribution in [0.1, 0.15) is 28.3 Å². The predicted molar refractivity (Wildman–Crippen MR) is 127 cm³/mol. The van der Waals surface area contributed by atoms with Gasteiger partial charge in [0, 0.05) is 5.69 Å². The van der Waals surface area contributed by atoms with Crippen LogP contribution in [0.3, 0.4) is 0 Å². The first kappa shape index (κ1) is 22.1. The SMILES string of the molecule is COc1ccc(C2/C(=C(\O)c3ccccc3OC)C(=O)C(=O)N2c2cc(C)ccc2C)cc1. The molecule has 1 saturated heterocycles. The molecule has 0 saturated carbocycles. The van der Waals surface area contributed by atoms with Crippen molar-refractivity contribution in [2.75, 3.05) is 19.1 Å². The van der Waals surface area contributed by atoms with Crippen LogP contribution in [0.4, 0.5) is 5.69 Å². The van der Waals surface area contributed by atoms with E-state index in [0.29, 0.717) is 28.3 Å². The van der Waals surface area contributed by atoms with Gasteiger partial charge in [0.1, 0.15) is 17.3 Å². The van der Waals surface area contributed by atoms with Crippen molar-refractivity contribution in [2.45, 2.75) is 19.9 Å². The Morgan fingerprint density at radius 1 is 0.909 bits per heavy atom. The highest BCUT2D eigenvalue weighted by atomic mass is 16.5. The number of amides is 1. The number of Topliss-reactive ketones (excluding diaryl/α,β-unsaturated/α-hetero) is 1. The minimum Gasteiger partial charge on any atom is -0.507 e. The van der Waals surface area contributed by atoms with Crippen LogP contribution in [0.5, 0.6) is 11.5 Å². The summed E-state index contributed by atoms with van der Waals surface area (Å²) in [5.41, 5.74) is 3.45. The first-order valence-corrected chi connectivity index (χ1v) is 10.5. The van der Waals surface area contributed by atoms with Gasteiger partial charge in [0.25, 0.3) is 11.7 Å². The van der Waals surface area contributed by atoms with Crippen LogP contribution in [0.15, 0.2) is 72.3 Å². The molecule has 0 bridgehead atoms. The lowest BCUT2D eigenvalue weighted by Gasteiger charge is -2.27. The molecule has 6 heteroatoms. The summed E-state index contributed by atoms with van der Waals surface area (Å²) < 4.78 is 10.7. The molecular formula is C27H25NO5. The molecule has 1 amide bonds. The number of hydrogen-bond donors (Lipinski definition) is 1. The zero-order valence-corrected chi connectivity index (χ0v) is 19.0. The van der Waals surface area contributed by atoms with Crippen molar-refractivity contribution in [3.05, 3.63) is 94.6 Å². The minimum atomic E-state index is -0.818. The molecule has 0 spiro atoms. The van der Waals surface area contributed by atoms with Gasteiger partial charge in [-0.3, -0.25) is 14.5 Å². The number of nitrogens with zero attached hydrogens (tertiary/aromatic N) is 1. The molecule has 0 aliphatic carbocycles. The lowest BCUT2D eigenvalue weighted by molar-refractivity contribution is -0.132. The smallest absolute Gasteiger partial charge is 0.300 e. The van der Waals surface area contributed by atoms with Gasteiger partial charge in [0.15, 0.2) is 0 Å². The highest BCUT2D eigenvalue weighted by Gasteiger charge is 2.47. The lowest BCUT2D eigenvalue weighted by atomic mass is 9.94. The number of carbonyl (C=O) groups is 2. The summed E-state index contributed by atoms with van der Waals surface area (Å²) in [5.74, 6) is -0.672. The van der Waals surface area contributed by atoms with Gasteiger partial charge in [-0.1, -0.05) is 36.4 Å². The Kier molecular flexibility index (Phi) is 5.92. The van der Waals surface area contributed by atoms with Gasteiger partial charge in [-0.15, -0.1) is 0 Å². The minimum absolute atomic E-state index is 0.00979. The maximum atomic E-state index is 13.4. The summed E-state index contributed by atoms with van der Waals surface area (Å²) in [5, 5.41) is 11.3. The van der Waals surface area contributed by atoms with E-state index in [0.717, 1.165) is 11.1 Å². The second kappa shape index (κ2) is 8.82. The van der Waals surface area contributed by atoms with Gasteiger partial charge in [0.2, 0.25) is 0 Å². The Balaban J connectivity index is 1.99. The molecule has 1 fully saturated rings. The topological polar surface area (TPSA) is 76.1 Å². The number of aryl methyl sites for hydroxylation is 2. The maximum Gasteiger partial charge on any atom is 0.300 e. The molecule has 168 valence electrons. The predicted octanol–water partition coefficient (Wildman–Crippen LogP) is 4.95. The highest BCUT2D eigenvalue weighted by molar-refractivity contribution is 6.51. The van der Waals surface area contributed by atoms with E-state index in [4.69, 9.17) is 9.47 Å². The number of methoxy groups -OCH3 is 2. The Bertz CT molecular complexity index is 1260. The second-order valence-corrected chi connectivity index (χ2v) is 7.93. The van der Waals surface area contributed by atoms with Crippen LogP contribution in [0, 0.1) is 13.8 Å². The van der Waals surface area contributed by atoms with E-state index in [-0.39, 0.29) is 11.3 Å². The number of rotatable bonds is 5. The fraction of sp³-hybridized carbons (Fsp3) is 0.185. The molecule has 3 aromatic rings. The van der Waals surface area contributed by atoms with E-state index >= 15 is 0 Å². The number of para-hydroxylation sites is 1. The third-order valence-corrected chi connectivity index (χ3v) is 5.86. The first-order valence-electron chi connectivity index (χ1n) is 10.5. The van der Waals surface area contributed by atoms with E-state index in [9.17, 15) is 14.7 Å². The number of anilines is 1. The molecule has 1 unspecified atom stereocenters. The molecular weight excluding hydrogens is 418 g/mol. The number of aliphatic hydroxyl groups is 1. The molecule has 6 nitrogen and oxygen atoms in total. The van der Waals surface area contributed by atoms with Gasteiger partial charge < -0.3 is 14.6 Å². The van der Waals surface area contributed by atoms with Crippen molar-refractivity contribution >= 4 is 23.1 Å². The Hall–Kier alpha value is -4.06. The van der Waals surface area contributed by atoms with E-state index in [1.54, 1.807) is 55.6 Å². The summed E-state index contributed by atoms with van der Waals surface area (Å²) in [6.45, 7) is 3.82. The van der Waals surface area contributed by atoms with Crippen LogP contribution in [0.25, 0.3) is 5.76 Å². The summed E-state index contributed by atoms with van der Waals surface area (Å²) in [4.78, 5) is 28.1. The molecule has 1 aliphatic rings. The van der Waals surface area contributed by atoms with Gasteiger partial charge in [-0.2, -0.15) is 0 Å². The molecule has 33 heavy (non-hydrogen) atoms. The number of hydrogen-bond acceptors (Lipinski definition) is 5. The van der Waals surface area contributed by atoms with Crippen LogP contribution < -0.4 is 14.4 Å². The van der Waals surface area contributed by atoms with Crippen molar-refractivity contribution < 1.29 is 24.2 Å². The largest absolute Gasteiger partial charge is 0.507 e. The zero-order valence-electron chi connectivity index (χ0n) is 19.0. The van der Waals surface area contributed by atoms with Gasteiger partial charge in [-0.25, -0.2) is 0 Å². The van der Waals surface area contributed by atoms with Crippen molar-refractivity contribution in [2.24, 2.45) is 0 Å². The van der Waals surface area contributed by atoms with Crippen molar-refractivity contribution in [1.29, 1.82) is 0 Å². The summed E-state index contributed by atoms with van der Waals surface area (Å²) in [6, 6.07) is 18.9. The van der Waals surface area contributed by atoms with Crippen molar-refractivity contribution in [1.82, 2.24) is 0 Å². The first-order chi connectivity index (χ1) is 15.9. The standard InChI is InChI=1S/C27H25NO5/c1-16-9-10-17(2)21(15-16)28-24(18-11-13-19(32-3)14-12-18)23(26(30)27(28)31)25(29)20-7-5-6-8-22(20)33-4/h5-15,24,29H,1-4H3/b25-23+. The number of ether oxygens (including phenoxy) is 2. The quantitative estimate of drug-likeness (QED) is 0.343. The van der Waals surface area contributed by atoms with E-state index in [1.807, 2.05) is 32.0 Å². The number of carbonyl (C=O) groups excluding carboxylic acids is 2. The molecule has 1 atom stereocenters. The molecule has 1 heterocycles. The number of benzene rings is 3. The fourth-order valence-electron chi connectivity index (χ4n) is 4.15. The number of ketones is 1. The lowest BCUT2D eigenvalue weighted by Crippen LogP contribution is -2.30. The fourth-order valence-corrected chi connectivity index (χ4v) is 4.15. The normalized spacial score (nSPS) is 17.3. The van der Waals surface area contributed by atoms with Crippen LogP contribution >= 0.6 is 0 Å². The monoisotopic (exact) mass is 443 g/mol. The Labute approximate surface area is 192 Å². The number of aliphatic hydroxyl groups excluding tert-OH is 1. The van der Waals surface area contributed by atoms with Crippen LogP contribution in [-0.4, -0.2) is 31.0 Å². The molecule has 1 aliphatic heterocycles. The molecule has 0 radical (unpaired) electrons. The van der Waals surface area contributed by atoms with Gasteiger partial charge in [0.05, 0.1) is 31.4 Å². The molecule has 1 N–H and O–H groups in total. The Morgan fingerprint density at radius 3 is 2.27 bits per heavy atom. The Morgan fingerprint density at radius 2 is 1.61 bits per heavy atom.